The number of hydrogen-bond acceptors (Lipinski definition) is 4. The van der Waals surface area contributed by atoms with Crippen molar-refractivity contribution in [2.45, 2.75) is 13.8 Å². The SMILES string of the molecule is Cc1nn(-c2ccccn2)c(C)c1C=Cc1ccncc1C#N. The molecule has 0 fully saturated rings. The Hall–Kier alpha value is -3.26. The van der Waals surface area contributed by atoms with E-state index in [4.69, 9.17) is 5.26 Å². The molecule has 112 valence electrons. The van der Waals surface area contributed by atoms with Gasteiger partial charge in [0.05, 0.1) is 17.0 Å². The van der Waals surface area contributed by atoms with Crippen molar-refractivity contribution in [3.05, 3.63) is 70.9 Å². The van der Waals surface area contributed by atoms with Gasteiger partial charge in [-0.2, -0.15) is 10.4 Å². The van der Waals surface area contributed by atoms with Crippen molar-refractivity contribution in [2.75, 3.05) is 0 Å². The van der Waals surface area contributed by atoms with E-state index < -0.39 is 0 Å². The van der Waals surface area contributed by atoms with E-state index in [0.717, 1.165) is 28.3 Å². The first-order chi connectivity index (χ1) is 11.2. The predicted molar refractivity (Wildman–Crippen MR) is 88.7 cm³/mol. The summed E-state index contributed by atoms with van der Waals surface area (Å²) in [5.41, 5.74) is 4.33. The van der Waals surface area contributed by atoms with Gasteiger partial charge in [0.15, 0.2) is 5.82 Å². The minimum atomic E-state index is 0.552. The van der Waals surface area contributed by atoms with E-state index in [1.54, 1.807) is 18.6 Å². The van der Waals surface area contributed by atoms with Crippen LogP contribution in [0, 0.1) is 25.2 Å². The molecule has 0 aliphatic carbocycles. The summed E-state index contributed by atoms with van der Waals surface area (Å²) in [6, 6.07) is 9.70. The Morgan fingerprint density at radius 1 is 1.13 bits per heavy atom. The van der Waals surface area contributed by atoms with Crippen molar-refractivity contribution in [1.82, 2.24) is 19.7 Å². The van der Waals surface area contributed by atoms with Gasteiger partial charge in [-0.15, -0.1) is 0 Å². The first-order valence-corrected chi connectivity index (χ1v) is 7.20. The van der Waals surface area contributed by atoms with E-state index >= 15 is 0 Å². The third-order valence-corrected chi connectivity index (χ3v) is 3.62. The van der Waals surface area contributed by atoms with Gasteiger partial charge in [0, 0.05) is 24.2 Å². The number of pyridine rings is 2. The number of aryl methyl sites for hydroxylation is 1. The fraction of sp³-hybridized carbons (Fsp3) is 0.111. The summed E-state index contributed by atoms with van der Waals surface area (Å²) in [7, 11) is 0. The van der Waals surface area contributed by atoms with E-state index in [2.05, 4.69) is 21.1 Å². The van der Waals surface area contributed by atoms with Crippen LogP contribution in [-0.4, -0.2) is 19.7 Å². The van der Waals surface area contributed by atoms with Crippen LogP contribution in [0.15, 0.2) is 42.9 Å². The summed E-state index contributed by atoms with van der Waals surface area (Å²) >= 11 is 0. The average molecular weight is 301 g/mol. The highest BCUT2D eigenvalue weighted by Gasteiger charge is 2.11. The lowest BCUT2D eigenvalue weighted by atomic mass is 10.1. The largest absolute Gasteiger partial charge is 0.263 e. The van der Waals surface area contributed by atoms with E-state index in [1.165, 1.54) is 0 Å². The topological polar surface area (TPSA) is 67.4 Å². The standard InChI is InChI=1S/C18H15N5/c1-13-17(7-6-15-8-10-20-12-16(15)11-19)14(2)23(22-13)18-5-3-4-9-21-18/h3-10,12H,1-2H3. The fourth-order valence-corrected chi connectivity index (χ4v) is 2.42. The Balaban J connectivity index is 2.00. The second kappa shape index (κ2) is 6.24. The zero-order valence-electron chi connectivity index (χ0n) is 12.9. The summed E-state index contributed by atoms with van der Waals surface area (Å²) in [4.78, 5) is 8.30. The minimum absolute atomic E-state index is 0.552. The zero-order valence-corrected chi connectivity index (χ0v) is 12.9. The van der Waals surface area contributed by atoms with Crippen LogP contribution < -0.4 is 0 Å². The Morgan fingerprint density at radius 2 is 2.00 bits per heavy atom. The van der Waals surface area contributed by atoms with Gasteiger partial charge in [0.25, 0.3) is 0 Å². The minimum Gasteiger partial charge on any atom is -0.263 e. The maximum Gasteiger partial charge on any atom is 0.153 e. The highest BCUT2D eigenvalue weighted by Crippen LogP contribution is 2.20. The van der Waals surface area contributed by atoms with Crippen molar-refractivity contribution in [3.63, 3.8) is 0 Å². The van der Waals surface area contributed by atoms with E-state index in [1.807, 2.05) is 54.9 Å². The molecule has 0 aliphatic heterocycles. The molecule has 0 spiro atoms. The Labute approximate surface area is 134 Å². The third-order valence-electron chi connectivity index (χ3n) is 3.62. The molecule has 0 bridgehead atoms. The molecule has 0 aromatic carbocycles. The summed E-state index contributed by atoms with van der Waals surface area (Å²) < 4.78 is 1.83. The number of hydrogen-bond donors (Lipinski definition) is 0. The fourth-order valence-electron chi connectivity index (χ4n) is 2.42. The van der Waals surface area contributed by atoms with Crippen LogP contribution in [0.2, 0.25) is 0 Å². The molecule has 0 aliphatic rings. The number of rotatable bonds is 3. The molecule has 3 aromatic rings. The van der Waals surface area contributed by atoms with Crippen LogP contribution in [0.4, 0.5) is 0 Å². The molecule has 5 heteroatoms. The van der Waals surface area contributed by atoms with Gasteiger partial charge < -0.3 is 0 Å². The van der Waals surface area contributed by atoms with Gasteiger partial charge in [0.1, 0.15) is 6.07 Å². The van der Waals surface area contributed by atoms with Gasteiger partial charge in [-0.25, -0.2) is 9.67 Å². The summed E-state index contributed by atoms with van der Waals surface area (Å²) in [6.07, 6.45) is 8.89. The molecule has 0 radical (unpaired) electrons. The Kier molecular flexibility index (Phi) is 3.98. The molecule has 0 saturated heterocycles. The summed E-state index contributed by atoms with van der Waals surface area (Å²) in [6.45, 7) is 3.97. The molecule has 0 saturated carbocycles. The zero-order chi connectivity index (χ0) is 16.2. The van der Waals surface area contributed by atoms with Crippen molar-refractivity contribution < 1.29 is 0 Å². The Bertz CT molecular complexity index is 901. The lowest BCUT2D eigenvalue weighted by molar-refractivity contribution is 0.806. The van der Waals surface area contributed by atoms with E-state index in [9.17, 15) is 0 Å². The molecule has 0 unspecified atom stereocenters. The van der Waals surface area contributed by atoms with Gasteiger partial charge in [-0.05, 0) is 37.6 Å². The first-order valence-electron chi connectivity index (χ1n) is 7.20. The molecule has 0 N–H and O–H groups in total. The lowest BCUT2D eigenvalue weighted by Gasteiger charge is -2.02. The van der Waals surface area contributed by atoms with Crippen LogP contribution in [0.25, 0.3) is 18.0 Å². The predicted octanol–water partition coefficient (Wildman–Crippen LogP) is 3.32. The molecular formula is C18H15N5. The number of aromatic nitrogens is 4. The number of nitrogens with zero attached hydrogens (tertiary/aromatic N) is 5. The maximum atomic E-state index is 9.13. The second-order valence-corrected chi connectivity index (χ2v) is 5.09. The highest BCUT2D eigenvalue weighted by atomic mass is 15.3. The van der Waals surface area contributed by atoms with E-state index in [-0.39, 0.29) is 0 Å². The highest BCUT2D eigenvalue weighted by molar-refractivity contribution is 5.74. The van der Waals surface area contributed by atoms with Gasteiger partial charge in [-0.3, -0.25) is 4.98 Å². The summed E-state index contributed by atoms with van der Waals surface area (Å²) in [5, 5.41) is 13.7. The molecule has 3 heterocycles. The first kappa shape index (κ1) is 14.7. The van der Waals surface area contributed by atoms with Crippen LogP contribution in [0.1, 0.15) is 28.1 Å². The second-order valence-electron chi connectivity index (χ2n) is 5.09. The van der Waals surface area contributed by atoms with Crippen molar-refractivity contribution in [2.24, 2.45) is 0 Å². The van der Waals surface area contributed by atoms with Crippen LogP contribution in [-0.2, 0) is 0 Å². The molecular weight excluding hydrogens is 286 g/mol. The normalized spacial score (nSPS) is 10.8. The molecule has 3 rings (SSSR count). The van der Waals surface area contributed by atoms with Crippen molar-refractivity contribution in [3.8, 4) is 11.9 Å². The van der Waals surface area contributed by atoms with E-state index in [0.29, 0.717) is 5.56 Å². The molecule has 0 amide bonds. The third kappa shape index (κ3) is 2.87. The molecule has 3 aromatic heterocycles. The lowest BCUT2D eigenvalue weighted by Crippen LogP contribution is -2.01. The van der Waals surface area contributed by atoms with Gasteiger partial charge in [0.2, 0.25) is 0 Å². The van der Waals surface area contributed by atoms with Crippen molar-refractivity contribution in [1.29, 1.82) is 5.26 Å². The molecule has 23 heavy (non-hydrogen) atoms. The quantitative estimate of drug-likeness (QED) is 0.744. The van der Waals surface area contributed by atoms with Gasteiger partial charge in [-0.1, -0.05) is 18.2 Å². The molecule has 5 nitrogen and oxygen atoms in total. The van der Waals surface area contributed by atoms with Crippen LogP contribution >= 0.6 is 0 Å². The number of nitriles is 1. The van der Waals surface area contributed by atoms with Crippen LogP contribution in [0.3, 0.4) is 0 Å². The smallest absolute Gasteiger partial charge is 0.153 e. The maximum absolute atomic E-state index is 9.13. The van der Waals surface area contributed by atoms with Crippen molar-refractivity contribution >= 4 is 12.2 Å². The average Bonchev–Trinajstić information content (AvgIpc) is 2.88. The van der Waals surface area contributed by atoms with Crippen LogP contribution in [0.5, 0.6) is 0 Å². The molecule has 0 atom stereocenters. The summed E-state index contributed by atoms with van der Waals surface area (Å²) in [5.74, 6) is 0.786. The Morgan fingerprint density at radius 3 is 2.74 bits per heavy atom. The van der Waals surface area contributed by atoms with Gasteiger partial charge >= 0.3 is 0 Å². The monoisotopic (exact) mass is 301 g/mol.